The normalized spacial score (nSPS) is 16.4. The molecule has 2 aromatic heterocycles. The summed E-state index contributed by atoms with van der Waals surface area (Å²) in [5, 5.41) is 7.85. The van der Waals surface area contributed by atoms with E-state index in [0.29, 0.717) is 17.5 Å². The number of aromatic nitrogens is 4. The molecule has 4 rings (SSSR count). The van der Waals surface area contributed by atoms with Crippen LogP contribution in [0, 0.1) is 6.92 Å². The molecule has 1 saturated heterocycles. The third-order valence-corrected chi connectivity index (χ3v) is 5.11. The summed E-state index contributed by atoms with van der Waals surface area (Å²) in [7, 11) is 0. The first-order valence-corrected chi connectivity index (χ1v) is 9.58. The van der Waals surface area contributed by atoms with Crippen molar-refractivity contribution >= 4 is 23.5 Å². The van der Waals surface area contributed by atoms with E-state index < -0.39 is 0 Å². The van der Waals surface area contributed by atoms with Gasteiger partial charge in [-0.1, -0.05) is 41.9 Å². The van der Waals surface area contributed by atoms with Crippen molar-refractivity contribution in [3.05, 3.63) is 59.5 Å². The molecule has 1 aromatic carbocycles. The molecular weight excluding hydrogens is 376 g/mol. The third-order valence-electron chi connectivity index (χ3n) is 4.74. The van der Waals surface area contributed by atoms with Crippen molar-refractivity contribution < 1.29 is 4.79 Å². The van der Waals surface area contributed by atoms with Crippen molar-refractivity contribution in [2.75, 3.05) is 18.0 Å². The van der Waals surface area contributed by atoms with Crippen LogP contribution in [0.15, 0.2) is 48.8 Å². The number of anilines is 1. The summed E-state index contributed by atoms with van der Waals surface area (Å²) >= 11 is 5.99. The molecule has 1 unspecified atom stereocenters. The van der Waals surface area contributed by atoms with Crippen LogP contribution in [0.5, 0.6) is 0 Å². The first kappa shape index (κ1) is 18.4. The molecule has 144 valence electrons. The average Bonchev–Trinajstić information content (AvgIpc) is 3.29. The van der Waals surface area contributed by atoms with Gasteiger partial charge in [-0.15, -0.1) is 0 Å². The molecule has 3 aromatic rings. The molecule has 8 heteroatoms. The molecule has 28 heavy (non-hydrogen) atoms. The zero-order valence-electron chi connectivity index (χ0n) is 15.5. The van der Waals surface area contributed by atoms with E-state index in [-0.39, 0.29) is 18.5 Å². The Morgan fingerprint density at radius 1 is 1.29 bits per heavy atom. The van der Waals surface area contributed by atoms with Gasteiger partial charge in [0.15, 0.2) is 0 Å². The molecule has 1 N–H and O–H groups in total. The zero-order chi connectivity index (χ0) is 19.5. The summed E-state index contributed by atoms with van der Waals surface area (Å²) in [5.74, 6) is 0.609. The van der Waals surface area contributed by atoms with E-state index in [4.69, 9.17) is 16.6 Å². The number of carbonyl (C=O) groups is 1. The lowest BCUT2D eigenvalue weighted by Crippen LogP contribution is -2.39. The fourth-order valence-corrected chi connectivity index (χ4v) is 3.48. The third kappa shape index (κ3) is 4.14. The molecule has 0 radical (unpaired) electrons. The number of halogens is 1. The summed E-state index contributed by atoms with van der Waals surface area (Å²) in [6.07, 6.45) is 4.30. The summed E-state index contributed by atoms with van der Waals surface area (Å²) in [5.41, 5.74) is 2.67. The Bertz CT molecular complexity index is 954. The highest BCUT2D eigenvalue weighted by Crippen LogP contribution is 2.21. The van der Waals surface area contributed by atoms with E-state index in [1.165, 1.54) is 0 Å². The van der Waals surface area contributed by atoms with E-state index in [9.17, 15) is 4.79 Å². The summed E-state index contributed by atoms with van der Waals surface area (Å²) in [6.45, 7) is 3.46. The number of benzene rings is 1. The molecule has 0 spiro atoms. The van der Waals surface area contributed by atoms with E-state index in [0.717, 1.165) is 29.9 Å². The highest BCUT2D eigenvalue weighted by molar-refractivity contribution is 6.31. The lowest BCUT2D eigenvalue weighted by Gasteiger charge is -2.17. The quantitative estimate of drug-likeness (QED) is 0.717. The molecule has 1 aliphatic rings. The van der Waals surface area contributed by atoms with Gasteiger partial charge in [0.25, 0.3) is 0 Å². The van der Waals surface area contributed by atoms with Gasteiger partial charge in [-0.05, 0) is 19.4 Å². The highest BCUT2D eigenvalue weighted by atomic mass is 35.5. The number of hydrogen-bond acceptors (Lipinski definition) is 5. The fourth-order valence-electron chi connectivity index (χ4n) is 3.33. The van der Waals surface area contributed by atoms with Gasteiger partial charge in [-0.3, -0.25) is 9.48 Å². The van der Waals surface area contributed by atoms with Gasteiger partial charge < -0.3 is 10.2 Å². The van der Waals surface area contributed by atoms with E-state index in [1.807, 2.05) is 43.3 Å². The Hall–Kier alpha value is -2.93. The van der Waals surface area contributed by atoms with Crippen LogP contribution in [-0.4, -0.2) is 44.8 Å². The van der Waals surface area contributed by atoms with Crippen molar-refractivity contribution in [3.8, 4) is 11.3 Å². The number of aryl methyl sites for hydroxylation is 1. The predicted octanol–water partition coefficient (Wildman–Crippen LogP) is 2.70. The second-order valence-electron chi connectivity index (χ2n) is 6.87. The van der Waals surface area contributed by atoms with Crippen molar-refractivity contribution in [3.63, 3.8) is 0 Å². The minimum absolute atomic E-state index is 0.0589. The molecule has 1 amide bonds. The van der Waals surface area contributed by atoms with Crippen molar-refractivity contribution in [1.29, 1.82) is 0 Å². The average molecular weight is 397 g/mol. The molecule has 1 atom stereocenters. The zero-order valence-corrected chi connectivity index (χ0v) is 16.3. The van der Waals surface area contributed by atoms with Gasteiger partial charge >= 0.3 is 0 Å². The molecule has 0 bridgehead atoms. The largest absolute Gasteiger partial charge is 0.350 e. The van der Waals surface area contributed by atoms with Crippen LogP contribution in [0.1, 0.15) is 12.1 Å². The molecular formula is C20H21ClN6O. The summed E-state index contributed by atoms with van der Waals surface area (Å²) < 4.78 is 1.56. The van der Waals surface area contributed by atoms with Crippen LogP contribution < -0.4 is 10.2 Å². The van der Waals surface area contributed by atoms with Crippen molar-refractivity contribution in [2.24, 2.45) is 0 Å². The van der Waals surface area contributed by atoms with Gasteiger partial charge in [-0.2, -0.15) is 5.10 Å². The Balaban J connectivity index is 1.37. The number of hydrogen-bond donors (Lipinski definition) is 1. The number of nitrogens with one attached hydrogen (secondary N) is 1. The van der Waals surface area contributed by atoms with Crippen LogP contribution in [-0.2, 0) is 11.3 Å². The van der Waals surface area contributed by atoms with E-state index >= 15 is 0 Å². The molecule has 1 fully saturated rings. The molecule has 0 saturated carbocycles. The fraction of sp³-hybridized carbons (Fsp3) is 0.300. The predicted molar refractivity (Wildman–Crippen MR) is 108 cm³/mol. The molecule has 7 nitrogen and oxygen atoms in total. The number of carbonyl (C=O) groups excluding carboxylic acids is 1. The topological polar surface area (TPSA) is 75.9 Å². The molecule has 3 heterocycles. The lowest BCUT2D eigenvalue weighted by atomic mass is 10.1. The Kier molecular flexibility index (Phi) is 5.25. The second-order valence-corrected chi connectivity index (χ2v) is 7.27. The van der Waals surface area contributed by atoms with E-state index in [2.05, 4.69) is 20.3 Å². The van der Waals surface area contributed by atoms with Crippen LogP contribution >= 0.6 is 11.6 Å². The minimum atomic E-state index is -0.0787. The van der Waals surface area contributed by atoms with Crippen LogP contribution in [0.4, 0.5) is 5.95 Å². The van der Waals surface area contributed by atoms with Gasteiger partial charge in [0.1, 0.15) is 6.54 Å². The Morgan fingerprint density at radius 2 is 2.11 bits per heavy atom. The second kappa shape index (κ2) is 7.98. The maximum Gasteiger partial charge on any atom is 0.242 e. The first-order chi connectivity index (χ1) is 13.6. The maximum absolute atomic E-state index is 12.3. The van der Waals surface area contributed by atoms with Gasteiger partial charge in [0, 0.05) is 37.1 Å². The van der Waals surface area contributed by atoms with Crippen molar-refractivity contribution in [2.45, 2.75) is 25.9 Å². The van der Waals surface area contributed by atoms with Gasteiger partial charge in [0.2, 0.25) is 11.9 Å². The lowest BCUT2D eigenvalue weighted by molar-refractivity contribution is -0.122. The van der Waals surface area contributed by atoms with E-state index in [1.54, 1.807) is 17.1 Å². The highest BCUT2D eigenvalue weighted by Gasteiger charge is 2.26. The maximum atomic E-state index is 12.3. The number of amides is 1. The number of nitrogens with zero attached hydrogens (tertiary/aromatic N) is 5. The van der Waals surface area contributed by atoms with Gasteiger partial charge in [0.05, 0.1) is 16.4 Å². The standard InChI is InChI=1S/C20H21ClN6O/c1-14-17(21)12-27(25-14)13-19(28)23-16-8-10-26(11-16)20-22-9-7-18(24-20)15-5-3-2-4-6-15/h2-7,9,12,16H,8,10-11,13H2,1H3,(H,23,28). The minimum Gasteiger partial charge on any atom is -0.350 e. The summed E-state index contributed by atoms with van der Waals surface area (Å²) in [6, 6.07) is 12.0. The smallest absolute Gasteiger partial charge is 0.242 e. The SMILES string of the molecule is Cc1nn(CC(=O)NC2CCN(c3nccc(-c4ccccc4)n3)C2)cc1Cl. The van der Waals surface area contributed by atoms with Crippen LogP contribution in [0.25, 0.3) is 11.3 Å². The monoisotopic (exact) mass is 396 g/mol. The molecule has 1 aliphatic heterocycles. The molecule has 0 aliphatic carbocycles. The summed E-state index contributed by atoms with van der Waals surface area (Å²) in [4.78, 5) is 23.5. The van der Waals surface area contributed by atoms with Gasteiger partial charge in [-0.25, -0.2) is 9.97 Å². The van der Waals surface area contributed by atoms with Crippen LogP contribution in [0.2, 0.25) is 5.02 Å². The van der Waals surface area contributed by atoms with Crippen LogP contribution in [0.3, 0.4) is 0 Å². The first-order valence-electron chi connectivity index (χ1n) is 9.21. The Labute approximate surface area is 168 Å². The Morgan fingerprint density at radius 3 is 2.86 bits per heavy atom. The number of rotatable bonds is 5. The van der Waals surface area contributed by atoms with Crippen molar-refractivity contribution in [1.82, 2.24) is 25.1 Å².